The van der Waals surface area contributed by atoms with Gasteiger partial charge in [0.05, 0.1) is 7.11 Å². The summed E-state index contributed by atoms with van der Waals surface area (Å²) in [5, 5.41) is 4.76. The van der Waals surface area contributed by atoms with E-state index in [2.05, 4.69) is 20.5 Å². The van der Waals surface area contributed by atoms with Crippen LogP contribution in [0.4, 0.5) is 5.69 Å². The topological polar surface area (TPSA) is 120 Å². The lowest BCUT2D eigenvalue weighted by Crippen LogP contribution is -2.24. The molecule has 0 aliphatic heterocycles. The molecule has 0 aliphatic carbocycles. The molecule has 0 saturated heterocycles. The van der Waals surface area contributed by atoms with Gasteiger partial charge in [0.25, 0.3) is 5.91 Å². The van der Waals surface area contributed by atoms with Gasteiger partial charge in [-0.2, -0.15) is 4.98 Å². The minimum Gasteiger partial charge on any atom is -0.497 e. The largest absolute Gasteiger partial charge is 0.497 e. The number of ether oxygens (including phenoxy) is 2. The van der Waals surface area contributed by atoms with Crippen LogP contribution in [0.5, 0.6) is 17.4 Å². The standard InChI is InChI=1S/C20H19BN4O5S/c1-29-15-8-6-13(7-9-15)11-22-18(26)17-12-23-20(31(2,27)28)24-19(17)30-16-5-3-4-14(10-16)25-21/h3-10,12,25H,11H2,1-2H3,(H,22,26). The second kappa shape index (κ2) is 9.48. The molecule has 3 rings (SSSR count). The molecule has 0 atom stereocenters. The van der Waals surface area contributed by atoms with Crippen molar-refractivity contribution < 1.29 is 22.7 Å². The molecule has 1 heterocycles. The van der Waals surface area contributed by atoms with Crippen molar-refractivity contribution in [1.82, 2.24) is 15.3 Å². The van der Waals surface area contributed by atoms with Crippen LogP contribution in [0.2, 0.25) is 0 Å². The zero-order valence-electron chi connectivity index (χ0n) is 16.8. The van der Waals surface area contributed by atoms with Gasteiger partial charge in [0.1, 0.15) is 17.1 Å². The van der Waals surface area contributed by atoms with Crippen LogP contribution in [-0.2, 0) is 16.4 Å². The number of nitrogens with one attached hydrogen (secondary N) is 2. The molecule has 3 aromatic rings. The molecular formula is C20H19BN4O5S. The lowest BCUT2D eigenvalue weighted by molar-refractivity contribution is 0.0947. The average molecular weight is 438 g/mol. The molecule has 2 radical (unpaired) electrons. The van der Waals surface area contributed by atoms with Gasteiger partial charge < -0.3 is 20.0 Å². The molecule has 31 heavy (non-hydrogen) atoms. The smallest absolute Gasteiger partial charge is 0.258 e. The number of methoxy groups -OCH3 is 1. The van der Waals surface area contributed by atoms with Crippen molar-refractivity contribution in [3.63, 3.8) is 0 Å². The van der Waals surface area contributed by atoms with E-state index in [0.717, 1.165) is 18.0 Å². The van der Waals surface area contributed by atoms with Crippen LogP contribution in [-0.4, -0.2) is 45.6 Å². The van der Waals surface area contributed by atoms with Crippen molar-refractivity contribution in [2.24, 2.45) is 0 Å². The van der Waals surface area contributed by atoms with Crippen LogP contribution in [0, 0.1) is 0 Å². The molecule has 9 nitrogen and oxygen atoms in total. The van der Waals surface area contributed by atoms with Crippen molar-refractivity contribution >= 4 is 29.4 Å². The summed E-state index contributed by atoms with van der Waals surface area (Å²) in [4.78, 5) is 20.5. The SMILES string of the molecule is [B]Nc1cccc(Oc2nc(S(C)(=O)=O)ncc2C(=O)NCc2ccc(OC)cc2)c1. The van der Waals surface area contributed by atoms with Crippen molar-refractivity contribution in [2.75, 3.05) is 18.6 Å². The fourth-order valence-electron chi connectivity index (χ4n) is 2.55. The monoisotopic (exact) mass is 438 g/mol. The predicted octanol–water partition coefficient (Wildman–Crippen LogP) is 2.11. The normalized spacial score (nSPS) is 10.9. The molecule has 2 N–H and O–H groups in total. The first-order chi connectivity index (χ1) is 14.8. The van der Waals surface area contributed by atoms with Crippen molar-refractivity contribution in [3.8, 4) is 17.4 Å². The quantitative estimate of drug-likeness (QED) is 0.406. The Hall–Kier alpha value is -3.60. The van der Waals surface area contributed by atoms with Gasteiger partial charge in [0.15, 0.2) is 0 Å². The second-order valence-corrected chi connectivity index (χ2v) is 8.36. The molecule has 1 amide bonds. The minimum atomic E-state index is -3.71. The van der Waals surface area contributed by atoms with Gasteiger partial charge in [0.2, 0.25) is 28.9 Å². The highest BCUT2D eigenvalue weighted by atomic mass is 32.2. The van der Waals surface area contributed by atoms with Crippen LogP contribution in [0.15, 0.2) is 59.9 Å². The molecule has 0 saturated carbocycles. The fourth-order valence-corrected chi connectivity index (χ4v) is 3.04. The first-order valence-corrected chi connectivity index (χ1v) is 10.9. The number of sulfone groups is 1. The highest BCUT2D eigenvalue weighted by Gasteiger charge is 2.21. The number of amides is 1. The number of benzene rings is 2. The Balaban J connectivity index is 1.87. The van der Waals surface area contributed by atoms with E-state index in [0.29, 0.717) is 17.2 Å². The average Bonchev–Trinajstić information content (AvgIpc) is 2.77. The Morgan fingerprint density at radius 1 is 1.13 bits per heavy atom. The van der Waals surface area contributed by atoms with E-state index in [1.807, 2.05) is 12.1 Å². The molecule has 1 aromatic heterocycles. The van der Waals surface area contributed by atoms with Crippen LogP contribution < -0.4 is 20.0 Å². The van der Waals surface area contributed by atoms with E-state index in [1.54, 1.807) is 43.5 Å². The van der Waals surface area contributed by atoms with E-state index in [1.165, 1.54) is 0 Å². The molecule has 0 aliphatic rings. The maximum Gasteiger partial charge on any atom is 0.258 e. The number of aromatic nitrogens is 2. The molecular weight excluding hydrogens is 419 g/mol. The summed E-state index contributed by atoms with van der Waals surface area (Å²) in [5.74, 6) is 0.276. The Morgan fingerprint density at radius 3 is 2.52 bits per heavy atom. The molecule has 2 aromatic carbocycles. The molecule has 0 unspecified atom stereocenters. The van der Waals surface area contributed by atoms with Crippen molar-refractivity contribution in [3.05, 3.63) is 65.9 Å². The summed E-state index contributed by atoms with van der Waals surface area (Å²) in [6, 6.07) is 13.7. The summed E-state index contributed by atoms with van der Waals surface area (Å²) in [7, 11) is 3.26. The lowest BCUT2D eigenvalue weighted by atomic mass is 10.2. The molecule has 158 valence electrons. The highest BCUT2D eigenvalue weighted by molar-refractivity contribution is 7.90. The van der Waals surface area contributed by atoms with Crippen molar-refractivity contribution in [1.29, 1.82) is 0 Å². The van der Waals surface area contributed by atoms with Gasteiger partial charge in [0, 0.05) is 30.8 Å². The van der Waals surface area contributed by atoms with Gasteiger partial charge in [-0.25, -0.2) is 13.4 Å². The third kappa shape index (κ3) is 5.73. The number of hydrogen-bond acceptors (Lipinski definition) is 8. The van der Waals surface area contributed by atoms with Crippen molar-refractivity contribution in [2.45, 2.75) is 11.7 Å². The maximum absolute atomic E-state index is 12.8. The number of carbonyl (C=O) groups excluding carboxylic acids is 1. The highest BCUT2D eigenvalue weighted by Crippen LogP contribution is 2.26. The number of hydrogen-bond donors (Lipinski definition) is 2. The zero-order chi connectivity index (χ0) is 22.4. The predicted molar refractivity (Wildman–Crippen MR) is 115 cm³/mol. The van der Waals surface area contributed by atoms with Crippen LogP contribution in [0.3, 0.4) is 0 Å². The van der Waals surface area contributed by atoms with E-state index < -0.39 is 20.9 Å². The first kappa shape index (κ1) is 22.1. The summed E-state index contributed by atoms with van der Waals surface area (Å²) >= 11 is 0. The van der Waals surface area contributed by atoms with Gasteiger partial charge in [-0.1, -0.05) is 18.2 Å². The Kier molecular flexibility index (Phi) is 6.76. The fraction of sp³-hybridized carbons (Fsp3) is 0.150. The third-order valence-electron chi connectivity index (χ3n) is 4.14. The Bertz CT molecular complexity index is 1190. The van der Waals surface area contributed by atoms with E-state index in [9.17, 15) is 13.2 Å². The maximum atomic E-state index is 12.8. The van der Waals surface area contributed by atoms with Gasteiger partial charge in [-0.3, -0.25) is 4.79 Å². The number of carbonyl (C=O) groups is 1. The first-order valence-electron chi connectivity index (χ1n) is 9.03. The zero-order valence-corrected chi connectivity index (χ0v) is 17.6. The number of anilines is 1. The van der Waals surface area contributed by atoms with Gasteiger partial charge in [-0.05, 0) is 29.8 Å². The Morgan fingerprint density at radius 2 is 1.87 bits per heavy atom. The van der Waals surface area contributed by atoms with Crippen LogP contribution >= 0.6 is 0 Å². The minimum absolute atomic E-state index is 0.0213. The van der Waals surface area contributed by atoms with E-state index in [-0.39, 0.29) is 18.0 Å². The Labute approximate surface area is 181 Å². The number of nitrogens with zero attached hydrogens (tertiary/aromatic N) is 2. The van der Waals surface area contributed by atoms with Crippen LogP contribution in [0.25, 0.3) is 0 Å². The third-order valence-corrected chi connectivity index (χ3v) is 5.00. The van der Waals surface area contributed by atoms with E-state index in [4.69, 9.17) is 17.5 Å². The number of rotatable bonds is 8. The van der Waals surface area contributed by atoms with E-state index >= 15 is 0 Å². The van der Waals surface area contributed by atoms with Gasteiger partial charge >= 0.3 is 0 Å². The second-order valence-electron chi connectivity index (χ2n) is 6.45. The lowest BCUT2D eigenvalue weighted by Gasteiger charge is -2.12. The summed E-state index contributed by atoms with van der Waals surface area (Å²) in [5.41, 5.74) is 1.37. The molecule has 0 bridgehead atoms. The summed E-state index contributed by atoms with van der Waals surface area (Å²) < 4.78 is 34.5. The van der Waals surface area contributed by atoms with Gasteiger partial charge in [-0.15, -0.1) is 0 Å². The van der Waals surface area contributed by atoms with Crippen LogP contribution in [0.1, 0.15) is 15.9 Å². The molecule has 0 spiro atoms. The summed E-state index contributed by atoms with van der Waals surface area (Å²) in [6.45, 7) is 0.225. The molecule has 0 fully saturated rings. The summed E-state index contributed by atoms with van der Waals surface area (Å²) in [6.07, 6.45) is 2.08. The molecule has 11 heteroatoms.